The van der Waals surface area contributed by atoms with Crippen LogP contribution in [0.3, 0.4) is 0 Å². The first-order valence-electron chi connectivity index (χ1n) is 6.80. The van der Waals surface area contributed by atoms with Crippen molar-refractivity contribution in [2.24, 2.45) is 0 Å². The molecule has 1 aliphatic rings. The quantitative estimate of drug-likeness (QED) is 0.840. The van der Waals surface area contributed by atoms with Crippen molar-refractivity contribution in [3.05, 3.63) is 35.4 Å². The van der Waals surface area contributed by atoms with Gasteiger partial charge in [0.15, 0.2) is 0 Å². The molecule has 18 heavy (non-hydrogen) atoms. The lowest BCUT2D eigenvalue weighted by Gasteiger charge is -2.22. The molecule has 1 fully saturated rings. The molecule has 0 amide bonds. The van der Waals surface area contributed by atoms with E-state index in [0.29, 0.717) is 0 Å². The van der Waals surface area contributed by atoms with Crippen LogP contribution in [0, 0.1) is 6.92 Å². The zero-order valence-corrected chi connectivity index (χ0v) is 11.3. The first-order chi connectivity index (χ1) is 8.79. The fourth-order valence-electron chi connectivity index (χ4n) is 2.15. The van der Waals surface area contributed by atoms with E-state index in [1.165, 1.54) is 11.1 Å². The van der Waals surface area contributed by atoms with Crippen molar-refractivity contribution in [2.75, 3.05) is 26.3 Å². The van der Waals surface area contributed by atoms with E-state index in [1.807, 2.05) is 0 Å². The van der Waals surface area contributed by atoms with Gasteiger partial charge in [0, 0.05) is 13.2 Å². The number of ether oxygens (including phenoxy) is 2. The standard InChI is InChI=1S/C15H23NO2/c1-3-16-10-15(18-14-8-9-17-11-14)13-6-4-12(2)5-7-13/h4-7,14-16H,3,8-11H2,1-2H3. The van der Waals surface area contributed by atoms with Gasteiger partial charge >= 0.3 is 0 Å². The molecule has 1 aromatic carbocycles. The van der Waals surface area contributed by atoms with E-state index >= 15 is 0 Å². The summed E-state index contributed by atoms with van der Waals surface area (Å²) in [6, 6.07) is 8.60. The maximum atomic E-state index is 6.15. The SMILES string of the molecule is CCNCC(OC1CCOC1)c1ccc(C)cc1. The molecule has 0 aromatic heterocycles. The van der Waals surface area contributed by atoms with Crippen molar-refractivity contribution >= 4 is 0 Å². The average molecular weight is 249 g/mol. The van der Waals surface area contributed by atoms with Crippen molar-refractivity contribution < 1.29 is 9.47 Å². The van der Waals surface area contributed by atoms with Crippen LogP contribution in [-0.4, -0.2) is 32.4 Å². The van der Waals surface area contributed by atoms with Crippen LogP contribution in [0.15, 0.2) is 24.3 Å². The summed E-state index contributed by atoms with van der Waals surface area (Å²) in [6.45, 7) is 7.60. The smallest absolute Gasteiger partial charge is 0.0954 e. The summed E-state index contributed by atoms with van der Waals surface area (Å²) >= 11 is 0. The van der Waals surface area contributed by atoms with E-state index in [9.17, 15) is 0 Å². The molecular weight excluding hydrogens is 226 g/mol. The normalized spacial score (nSPS) is 21.1. The lowest BCUT2D eigenvalue weighted by atomic mass is 10.1. The third-order valence-electron chi connectivity index (χ3n) is 3.27. The molecule has 2 rings (SSSR count). The lowest BCUT2D eigenvalue weighted by Crippen LogP contribution is -2.27. The molecule has 0 bridgehead atoms. The minimum absolute atomic E-state index is 0.122. The van der Waals surface area contributed by atoms with E-state index in [2.05, 4.69) is 43.4 Å². The van der Waals surface area contributed by atoms with E-state index in [-0.39, 0.29) is 12.2 Å². The maximum Gasteiger partial charge on any atom is 0.0954 e. The van der Waals surface area contributed by atoms with E-state index < -0.39 is 0 Å². The lowest BCUT2D eigenvalue weighted by molar-refractivity contribution is -0.0162. The molecule has 1 saturated heterocycles. The maximum absolute atomic E-state index is 6.15. The summed E-state index contributed by atoms with van der Waals surface area (Å²) in [4.78, 5) is 0. The summed E-state index contributed by atoms with van der Waals surface area (Å²) in [6.07, 6.45) is 1.38. The number of aryl methyl sites for hydroxylation is 1. The minimum atomic E-state index is 0.122. The monoisotopic (exact) mass is 249 g/mol. The van der Waals surface area contributed by atoms with Crippen LogP contribution < -0.4 is 5.32 Å². The molecule has 2 atom stereocenters. The van der Waals surface area contributed by atoms with Crippen molar-refractivity contribution in [1.82, 2.24) is 5.32 Å². The van der Waals surface area contributed by atoms with Crippen molar-refractivity contribution in [3.8, 4) is 0 Å². The molecule has 3 heteroatoms. The summed E-state index contributed by atoms with van der Waals surface area (Å²) in [5, 5.41) is 3.37. The van der Waals surface area contributed by atoms with Gasteiger partial charge in [0.05, 0.1) is 18.8 Å². The van der Waals surface area contributed by atoms with Gasteiger partial charge in [-0.2, -0.15) is 0 Å². The highest BCUT2D eigenvalue weighted by Crippen LogP contribution is 2.22. The van der Waals surface area contributed by atoms with Crippen molar-refractivity contribution in [2.45, 2.75) is 32.5 Å². The Morgan fingerprint density at radius 3 is 2.78 bits per heavy atom. The Hall–Kier alpha value is -0.900. The molecule has 1 aromatic rings. The second-order valence-electron chi connectivity index (χ2n) is 4.83. The molecule has 1 heterocycles. The van der Waals surface area contributed by atoms with Crippen LogP contribution in [0.25, 0.3) is 0 Å². The van der Waals surface area contributed by atoms with Crippen LogP contribution in [0.4, 0.5) is 0 Å². The number of hydrogen-bond donors (Lipinski definition) is 1. The zero-order valence-electron chi connectivity index (χ0n) is 11.3. The highest BCUT2D eigenvalue weighted by Gasteiger charge is 2.21. The van der Waals surface area contributed by atoms with Crippen molar-refractivity contribution in [1.29, 1.82) is 0 Å². The highest BCUT2D eigenvalue weighted by atomic mass is 16.6. The first-order valence-corrected chi connectivity index (χ1v) is 6.80. The fraction of sp³-hybridized carbons (Fsp3) is 0.600. The molecule has 2 unspecified atom stereocenters. The molecule has 1 aliphatic heterocycles. The van der Waals surface area contributed by atoms with Gasteiger partial charge in [0.2, 0.25) is 0 Å². The zero-order chi connectivity index (χ0) is 12.8. The van der Waals surface area contributed by atoms with Crippen LogP contribution in [0.1, 0.15) is 30.6 Å². The topological polar surface area (TPSA) is 30.5 Å². The fourth-order valence-corrected chi connectivity index (χ4v) is 2.15. The van der Waals surface area contributed by atoms with Gasteiger partial charge in [-0.15, -0.1) is 0 Å². The molecule has 1 N–H and O–H groups in total. The van der Waals surface area contributed by atoms with E-state index in [0.717, 1.165) is 32.7 Å². The Kier molecular flexibility index (Phi) is 5.17. The molecule has 0 aliphatic carbocycles. The number of benzene rings is 1. The molecule has 3 nitrogen and oxygen atoms in total. The van der Waals surface area contributed by atoms with Gasteiger partial charge in [-0.3, -0.25) is 0 Å². The van der Waals surface area contributed by atoms with Crippen LogP contribution in [-0.2, 0) is 9.47 Å². The summed E-state index contributed by atoms with van der Waals surface area (Å²) in [5.74, 6) is 0. The number of nitrogens with one attached hydrogen (secondary N) is 1. The molecular formula is C15H23NO2. The van der Waals surface area contributed by atoms with Gasteiger partial charge in [0.25, 0.3) is 0 Å². The Morgan fingerprint density at radius 2 is 2.17 bits per heavy atom. The second kappa shape index (κ2) is 6.88. The van der Waals surface area contributed by atoms with Crippen molar-refractivity contribution in [3.63, 3.8) is 0 Å². The van der Waals surface area contributed by atoms with E-state index in [4.69, 9.17) is 9.47 Å². The highest BCUT2D eigenvalue weighted by molar-refractivity contribution is 5.23. The third kappa shape index (κ3) is 3.80. The molecule has 100 valence electrons. The Bertz CT molecular complexity index is 344. The molecule has 0 radical (unpaired) electrons. The average Bonchev–Trinajstić information content (AvgIpc) is 2.88. The van der Waals surface area contributed by atoms with E-state index in [1.54, 1.807) is 0 Å². The summed E-state index contributed by atoms with van der Waals surface area (Å²) in [7, 11) is 0. The second-order valence-corrected chi connectivity index (χ2v) is 4.83. The largest absolute Gasteiger partial charge is 0.379 e. The Morgan fingerprint density at radius 1 is 1.39 bits per heavy atom. The number of rotatable bonds is 6. The van der Waals surface area contributed by atoms with Gasteiger partial charge in [-0.25, -0.2) is 0 Å². The van der Waals surface area contributed by atoms with Crippen LogP contribution in [0.5, 0.6) is 0 Å². The van der Waals surface area contributed by atoms with Gasteiger partial charge in [-0.1, -0.05) is 36.8 Å². The van der Waals surface area contributed by atoms with Crippen LogP contribution >= 0.6 is 0 Å². The van der Waals surface area contributed by atoms with Gasteiger partial charge in [0.1, 0.15) is 0 Å². The summed E-state index contributed by atoms with van der Waals surface area (Å²) < 4.78 is 11.5. The third-order valence-corrected chi connectivity index (χ3v) is 3.27. The Labute approximate surface area is 109 Å². The van der Waals surface area contributed by atoms with Gasteiger partial charge in [-0.05, 0) is 25.5 Å². The predicted molar refractivity (Wildman–Crippen MR) is 72.8 cm³/mol. The molecule has 0 spiro atoms. The molecule has 0 saturated carbocycles. The number of hydrogen-bond acceptors (Lipinski definition) is 3. The predicted octanol–water partition coefficient (Wildman–Crippen LogP) is 2.45. The summed E-state index contributed by atoms with van der Waals surface area (Å²) in [5.41, 5.74) is 2.53. The van der Waals surface area contributed by atoms with Crippen LogP contribution in [0.2, 0.25) is 0 Å². The minimum Gasteiger partial charge on any atom is -0.379 e. The Balaban J connectivity index is 2.00. The van der Waals surface area contributed by atoms with Gasteiger partial charge < -0.3 is 14.8 Å². The number of likely N-dealkylation sites (N-methyl/N-ethyl adjacent to an activating group) is 1. The first kappa shape index (κ1) is 13.5.